The maximum atomic E-state index is 12.8. The molecule has 1 N–H and O–H groups in total. The molecular formula is C16H16F3N3O. The number of hydrogen-bond acceptors (Lipinski definition) is 3. The maximum absolute atomic E-state index is 12.8. The molecule has 0 radical (unpaired) electrons. The zero-order chi connectivity index (χ0) is 16.6. The minimum Gasteiger partial charge on any atom is -0.385 e. The molecule has 0 bridgehead atoms. The quantitative estimate of drug-likeness (QED) is 0.927. The van der Waals surface area contributed by atoms with Crippen LogP contribution in [0, 0.1) is 17.2 Å². The third-order valence-electron chi connectivity index (χ3n) is 4.27. The summed E-state index contributed by atoms with van der Waals surface area (Å²) in [4.78, 5) is 13.8. The van der Waals surface area contributed by atoms with Crippen molar-refractivity contribution >= 4 is 11.6 Å². The Bertz CT molecular complexity index is 662. The lowest BCUT2D eigenvalue weighted by Gasteiger charge is -2.16. The second-order valence-electron chi connectivity index (χ2n) is 6.10. The average Bonchev–Trinajstić information content (AvgIpc) is 3.27. The van der Waals surface area contributed by atoms with E-state index in [9.17, 15) is 18.0 Å². The summed E-state index contributed by atoms with van der Waals surface area (Å²) in [6.07, 6.45) is -1.94. The van der Waals surface area contributed by atoms with Crippen molar-refractivity contribution in [2.45, 2.75) is 31.5 Å². The number of benzene rings is 1. The van der Waals surface area contributed by atoms with Crippen molar-refractivity contribution < 1.29 is 18.0 Å². The van der Waals surface area contributed by atoms with Crippen molar-refractivity contribution in [3.63, 3.8) is 0 Å². The van der Waals surface area contributed by atoms with E-state index in [0.29, 0.717) is 31.2 Å². The van der Waals surface area contributed by atoms with Gasteiger partial charge < -0.3 is 10.2 Å². The molecule has 1 aromatic carbocycles. The highest BCUT2D eigenvalue weighted by molar-refractivity contribution is 5.79. The van der Waals surface area contributed by atoms with Crippen LogP contribution in [-0.2, 0) is 11.0 Å². The topological polar surface area (TPSA) is 56.1 Å². The van der Waals surface area contributed by atoms with Gasteiger partial charge in [-0.1, -0.05) is 0 Å². The van der Waals surface area contributed by atoms with Crippen LogP contribution in [-0.4, -0.2) is 29.9 Å². The zero-order valence-electron chi connectivity index (χ0n) is 12.4. The fourth-order valence-electron chi connectivity index (χ4n) is 2.94. The fourth-order valence-corrected chi connectivity index (χ4v) is 2.94. The average molecular weight is 323 g/mol. The van der Waals surface area contributed by atoms with Crippen molar-refractivity contribution in [1.82, 2.24) is 4.90 Å². The van der Waals surface area contributed by atoms with E-state index in [1.807, 2.05) is 4.90 Å². The molecule has 0 spiro atoms. The van der Waals surface area contributed by atoms with E-state index in [-0.39, 0.29) is 11.8 Å². The second kappa shape index (κ2) is 5.76. The first-order valence-corrected chi connectivity index (χ1v) is 7.53. The highest BCUT2D eigenvalue weighted by Gasteiger charge is 2.39. The van der Waals surface area contributed by atoms with Crippen LogP contribution >= 0.6 is 0 Å². The molecule has 2 aliphatic rings. The van der Waals surface area contributed by atoms with Crippen molar-refractivity contribution in [2.75, 3.05) is 18.4 Å². The molecule has 122 valence electrons. The first-order chi connectivity index (χ1) is 10.9. The predicted octanol–water partition coefficient (Wildman–Crippen LogP) is 3.00. The van der Waals surface area contributed by atoms with Gasteiger partial charge in [0.1, 0.15) is 0 Å². The summed E-state index contributed by atoms with van der Waals surface area (Å²) in [5.41, 5.74) is -0.863. The normalized spacial score (nSPS) is 21.4. The summed E-state index contributed by atoms with van der Waals surface area (Å²) in [6, 6.07) is 5.42. The molecule has 1 atom stereocenters. The van der Waals surface area contributed by atoms with E-state index >= 15 is 0 Å². The molecule has 1 saturated carbocycles. The van der Waals surface area contributed by atoms with Crippen LogP contribution in [0.3, 0.4) is 0 Å². The van der Waals surface area contributed by atoms with Gasteiger partial charge >= 0.3 is 6.18 Å². The van der Waals surface area contributed by atoms with Crippen molar-refractivity contribution in [3.8, 4) is 6.07 Å². The number of anilines is 1. The van der Waals surface area contributed by atoms with E-state index in [4.69, 9.17) is 5.26 Å². The number of halogens is 3. The first-order valence-electron chi connectivity index (χ1n) is 7.53. The highest BCUT2D eigenvalue weighted by Crippen LogP contribution is 2.34. The fraction of sp³-hybridized carbons (Fsp3) is 0.500. The van der Waals surface area contributed by atoms with Gasteiger partial charge in [0.25, 0.3) is 0 Å². The molecule has 1 heterocycles. The zero-order valence-corrected chi connectivity index (χ0v) is 12.4. The lowest BCUT2D eigenvalue weighted by Crippen LogP contribution is -2.28. The number of nitrogens with one attached hydrogen (secondary N) is 1. The van der Waals surface area contributed by atoms with Crippen LogP contribution in [0.4, 0.5) is 18.9 Å². The van der Waals surface area contributed by atoms with Crippen molar-refractivity contribution in [1.29, 1.82) is 5.26 Å². The minimum atomic E-state index is -4.54. The molecule has 1 aliphatic heterocycles. The van der Waals surface area contributed by atoms with Crippen LogP contribution in [0.2, 0.25) is 0 Å². The molecule has 1 saturated heterocycles. The number of amides is 1. The maximum Gasteiger partial charge on any atom is 0.417 e. The van der Waals surface area contributed by atoms with Gasteiger partial charge in [0, 0.05) is 37.2 Å². The Kier molecular flexibility index (Phi) is 3.92. The van der Waals surface area contributed by atoms with Gasteiger partial charge in [-0.15, -0.1) is 0 Å². The Morgan fingerprint density at radius 2 is 2.09 bits per heavy atom. The molecule has 1 aliphatic carbocycles. The van der Waals surface area contributed by atoms with Crippen LogP contribution in [0.1, 0.15) is 30.4 Å². The number of nitrogens with zero attached hydrogens (tertiary/aromatic N) is 2. The molecule has 4 nitrogen and oxygen atoms in total. The Labute approximate surface area is 131 Å². The number of rotatable bonds is 4. The third-order valence-corrected chi connectivity index (χ3v) is 4.27. The van der Waals surface area contributed by atoms with Gasteiger partial charge in [-0.3, -0.25) is 4.79 Å². The highest BCUT2D eigenvalue weighted by atomic mass is 19.4. The Hall–Kier alpha value is -2.23. The summed E-state index contributed by atoms with van der Waals surface area (Å²) in [5.74, 6) is 0.306. The minimum absolute atomic E-state index is 0.149. The van der Waals surface area contributed by atoms with Crippen LogP contribution in [0.15, 0.2) is 18.2 Å². The standard InChI is InChI=1S/C16H16F3N3O/c17-16(18,19)14-4-1-12(6-11(14)7-20)21-8-10-5-15(23)22(9-10)13-2-3-13/h1,4,6,10,13,21H,2-3,5,8-9H2/t10-/m0/s1. The number of hydrogen-bond donors (Lipinski definition) is 1. The Balaban J connectivity index is 1.63. The van der Waals surface area contributed by atoms with Crippen LogP contribution < -0.4 is 5.32 Å². The Morgan fingerprint density at radius 1 is 1.35 bits per heavy atom. The molecule has 2 fully saturated rings. The van der Waals surface area contributed by atoms with E-state index in [0.717, 1.165) is 18.9 Å². The van der Waals surface area contributed by atoms with Gasteiger partial charge in [-0.25, -0.2) is 0 Å². The molecule has 1 aromatic rings. The van der Waals surface area contributed by atoms with Crippen molar-refractivity contribution in [2.24, 2.45) is 5.92 Å². The molecule has 0 aromatic heterocycles. The number of carbonyl (C=O) groups excluding carboxylic acids is 1. The summed E-state index contributed by atoms with van der Waals surface area (Å²) < 4.78 is 38.3. The van der Waals surface area contributed by atoms with Gasteiger partial charge in [0.2, 0.25) is 5.91 Å². The largest absolute Gasteiger partial charge is 0.417 e. The summed E-state index contributed by atoms with van der Waals surface area (Å²) in [6.45, 7) is 1.20. The van der Waals surface area contributed by atoms with Gasteiger partial charge in [-0.05, 0) is 31.0 Å². The van der Waals surface area contributed by atoms with Gasteiger partial charge in [-0.2, -0.15) is 18.4 Å². The smallest absolute Gasteiger partial charge is 0.385 e. The molecular weight excluding hydrogens is 307 g/mol. The van der Waals surface area contributed by atoms with Crippen LogP contribution in [0.5, 0.6) is 0 Å². The Morgan fingerprint density at radius 3 is 2.70 bits per heavy atom. The number of likely N-dealkylation sites (tertiary alicyclic amines) is 1. The number of nitriles is 1. The summed E-state index contributed by atoms with van der Waals surface area (Å²) in [5, 5.41) is 11.9. The third kappa shape index (κ3) is 3.41. The van der Waals surface area contributed by atoms with E-state index < -0.39 is 17.3 Å². The molecule has 23 heavy (non-hydrogen) atoms. The predicted molar refractivity (Wildman–Crippen MR) is 77.5 cm³/mol. The number of alkyl halides is 3. The van der Waals surface area contributed by atoms with Gasteiger partial charge in [0.15, 0.2) is 0 Å². The molecule has 0 unspecified atom stereocenters. The van der Waals surface area contributed by atoms with Crippen molar-refractivity contribution in [3.05, 3.63) is 29.3 Å². The van der Waals surface area contributed by atoms with E-state index in [1.54, 1.807) is 6.07 Å². The molecule has 1 amide bonds. The summed E-state index contributed by atoms with van der Waals surface area (Å²) in [7, 11) is 0. The second-order valence-corrected chi connectivity index (χ2v) is 6.10. The first kappa shape index (κ1) is 15.7. The molecule has 7 heteroatoms. The SMILES string of the molecule is N#Cc1cc(NC[C@@H]2CC(=O)N(C3CC3)C2)ccc1C(F)(F)F. The van der Waals surface area contributed by atoms with Crippen LogP contribution in [0.25, 0.3) is 0 Å². The van der Waals surface area contributed by atoms with Gasteiger partial charge in [0.05, 0.1) is 17.2 Å². The lowest BCUT2D eigenvalue weighted by molar-refractivity contribution is -0.137. The lowest BCUT2D eigenvalue weighted by atomic mass is 10.1. The number of carbonyl (C=O) groups is 1. The summed E-state index contributed by atoms with van der Waals surface area (Å²) >= 11 is 0. The molecule has 3 rings (SSSR count). The van der Waals surface area contributed by atoms with E-state index in [2.05, 4.69) is 5.32 Å². The van der Waals surface area contributed by atoms with E-state index in [1.165, 1.54) is 12.1 Å². The monoisotopic (exact) mass is 323 g/mol.